The number of ether oxygens (including phenoxy) is 1. The van der Waals surface area contributed by atoms with E-state index in [1.807, 2.05) is 24.3 Å². The van der Waals surface area contributed by atoms with E-state index in [4.69, 9.17) is 4.74 Å². The molecule has 0 radical (unpaired) electrons. The minimum atomic E-state index is 0.100. The number of hydrogen-bond acceptors (Lipinski definition) is 2. The van der Waals surface area contributed by atoms with Crippen LogP contribution >= 0.6 is 0 Å². The van der Waals surface area contributed by atoms with Crippen molar-refractivity contribution in [2.45, 2.75) is 104 Å². The van der Waals surface area contributed by atoms with Crippen molar-refractivity contribution in [3.63, 3.8) is 0 Å². The van der Waals surface area contributed by atoms with Gasteiger partial charge in [0.2, 0.25) is 0 Å². The molecular weight excluding hydrogens is 320 g/mol. The molecule has 148 valence electrons. The van der Waals surface area contributed by atoms with E-state index in [2.05, 4.69) is 6.92 Å². The largest absolute Gasteiger partial charge is 0.494 e. The van der Waals surface area contributed by atoms with Crippen LogP contribution in [0.4, 0.5) is 0 Å². The Morgan fingerprint density at radius 1 is 0.692 bits per heavy atom. The summed E-state index contributed by atoms with van der Waals surface area (Å²) in [6, 6.07) is 7.45. The molecule has 0 bridgehead atoms. The van der Waals surface area contributed by atoms with Crippen LogP contribution in [0.5, 0.6) is 5.75 Å². The molecule has 2 nitrogen and oxygen atoms in total. The molecule has 1 rings (SSSR count). The zero-order valence-corrected chi connectivity index (χ0v) is 17.2. The van der Waals surface area contributed by atoms with Gasteiger partial charge in [0.1, 0.15) is 5.75 Å². The lowest BCUT2D eigenvalue weighted by Gasteiger charge is -2.07. The average molecular weight is 361 g/mol. The molecule has 0 spiro atoms. The minimum Gasteiger partial charge on any atom is -0.494 e. The highest BCUT2D eigenvalue weighted by molar-refractivity contribution is 5.94. The summed E-state index contributed by atoms with van der Waals surface area (Å²) in [5.41, 5.74) is 0.744. The molecule has 0 unspecified atom stereocenters. The van der Waals surface area contributed by atoms with Gasteiger partial charge in [-0.2, -0.15) is 0 Å². The predicted molar refractivity (Wildman–Crippen MR) is 112 cm³/mol. The molecule has 0 amide bonds. The first-order valence-electron chi connectivity index (χ1n) is 11.0. The summed E-state index contributed by atoms with van der Waals surface area (Å²) >= 11 is 0. The molecule has 0 atom stereocenters. The van der Waals surface area contributed by atoms with Crippen LogP contribution in [0.1, 0.15) is 114 Å². The molecule has 0 aliphatic carbocycles. The Labute approximate surface area is 161 Å². The maximum Gasteiger partial charge on any atom is 0.159 e. The Morgan fingerprint density at radius 2 is 1.12 bits per heavy atom. The van der Waals surface area contributed by atoms with Gasteiger partial charge in [-0.25, -0.2) is 0 Å². The van der Waals surface area contributed by atoms with E-state index in [0.29, 0.717) is 0 Å². The number of carbonyl (C=O) groups excluding carboxylic acids is 1. The second-order valence-electron chi connectivity index (χ2n) is 7.53. The summed E-state index contributed by atoms with van der Waals surface area (Å²) in [5, 5.41) is 0. The van der Waals surface area contributed by atoms with Gasteiger partial charge in [-0.1, -0.05) is 90.4 Å². The van der Waals surface area contributed by atoms with Crippen LogP contribution in [-0.2, 0) is 0 Å². The fraction of sp³-hybridized carbons (Fsp3) is 0.708. The normalized spacial score (nSPS) is 10.8. The van der Waals surface area contributed by atoms with Crippen LogP contribution < -0.4 is 4.74 Å². The summed E-state index contributed by atoms with van der Waals surface area (Å²) in [6.07, 6.45) is 19.2. The highest BCUT2D eigenvalue weighted by atomic mass is 16.5. The third-order valence-corrected chi connectivity index (χ3v) is 5.03. The van der Waals surface area contributed by atoms with Gasteiger partial charge in [0, 0.05) is 5.56 Å². The molecular formula is C24H40O2. The van der Waals surface area contributed by atoms with Gasteiger partial charge in [-0.05, 0) is 37.6 Å². The quantitative estimate of drug-likeness (QED) is 0.210. The summed E-state index contributed by atoms with van der Waals surface area (Å²) in [6.45, 7) is 4.64. The smallest absolute Gasteiger partial charge is 0.159 e. The SMILES string of the molecule is CCCCCCCCCCCCCCCCOc1ccc(C(C)=O)cc1. The number of Topliss-reactive ketones (excluding diaryl/α,β-unsaturated/α-hetero) is 1. The zero-order chi connectivity index (χ0) is 18.9. The van der Waals surface area contributed by atoms with Crippen molar-refractivity contribution in [2.75, 3.05) is 6.61 Å². The van der Waals surface area contributed by atoms with Gasteiger partial charge < -0.3 is 4.74 Å². The van der Waals surface area contributed by atoms with Crippen molar-refractivity contribution in [3.05, 3.63) is 29.8 Å². The summed E-state index contributed by atoms with van der Waals surface area (Å²) in [4.78, 5) is 11.2. The topological polar surface area (TPSA) is 26.3 Å². The second-order valence-corrected chi connectivity index (χ2v) is 7.53. The Hall–Kier alpha value is -1.31. The van der Waals surface area contributed by atoms with E-state index < -0.39 is 0 Å². The van der Waals surface area contributed by atoms with Crippen molar-refractivity contribution in [2.24, 2.45) is 0 Å². The van der Waals surface area contributed by atoms with Crippen molar-refractivity contribution in [3.8, 4) is 5.75 Å². The molecule has 26 heavy (non-hydrogen) atoms. The lowest BCUT2D eigenvalue weighted by Crippen LogP contribution is -1.98. The third-order valence-electron chi connectivity index (χ3n) is 5.03. The number of unbranched alkanes of at least 4 members (excludes halogenated alkanes) is 13. The molecule has 2 heteroatoms. The van der Waals surface area contributed by atoms with Crippen LogP contribution in [0.25, 0.3) is 0 Å². The van der Waals surface area contributed by atoms with Crippen LogP contribution in [0.2, 0.25) is 0 Å². The first-order valence-corrected chi connectivity index (χ1v) is 11.0. The molecule has 1 aromatic carbocycles. The number of benzene rings is 1. The fourth-order valence-electron chi connectivity index (χ4n) is 3.27. The predicted octanol–water partition coefficient (Wildman–Crippen LogP) is 7.75. The van der Waals surface area contributed by atoms with Gasteiger partial charge in [0.25, 0.3) is 0 Å². The van der Waals surface area contributed by atoms with Gasteiger partial charge in [0.05, 0.1) is 6.61 Å². The van der Waals surface area contributed by atoms with E-state index in [1.165, 1.54) is 83.5 Å². The van der Waals surface area contributed by atoms with E-state index in [-0.39, 0.29) is 5.78 Å². The second kappa shape index (κ2) is 15.9. The highest BCUT2D eigenvalue weighted by Crippen LogP contribution is 2.15. The number of ketones is 1. The van der Waals surface area contributed by atoms with Crippen molar-refractivity contribution < 1.29 is 9.53 Å². The average Bonchev–Trinajstić information content (AvgIpc) is 2.65. The maximum atomic E-state index is 11.2. The van der Waals surface area contributed by atoms with Crippen LogP contribution in [-0.4, -0.2) is 12.4 Å². The van der Waals surface area contributed by atoms with E-state index in [1.54, 1.807) is 6.92 Å². The number of carbonyl (C=O) groups is 1. The third kappa shape index (κ3) is 12.1. The van der Waals surface area contributed by atoms with Crippen molar-refractivity contribution in [1.82, 2.24) is 0 Å². The van der Waals surface area contributed by atoms with Gasteiger partial charge in [0.15, 0.2) is 5.78 Å². The van der Waals surface area contributed by atoms with Gasteiger partial charge >= 0.3 is 0 Å². The summed E-state index contributed by atoms with van der Waals surface area (Å²) < 4.78 is 5.74. The first kappa shape index (κ1) is 22.7. The molecule has 1 aromatic rings. The lowest BCUT2D eigenvalue weighted by atomic mass is 10.0. The number of hydrogen-bond donors (Lipinski definition) is 0. The van der Waals surface area contributed by atoms with E-state index in [0.717, 1.165) is 24.3 Å². The van der Waals surface area contributed by atoms with Crippen LogP contribution in [0.15, 0.2) is 24.3 Å². The maximum absolute atomic E-state index is 11.2. The Bertz CT molecular complexity index is 450. The number of rotatable bonds is 17. The van der Waals surface area contributed by atoms with Crippen molar-refractivity contribution in [1.29, 1.82) is 0 Å². The molecule has 0 fully saturated rings. The molecule has 0 N–H and O–H groups in total. The molecule has 0 heterocycles. The molecule has 0 aliphatic heterocycles. The van der Waals surface area contributed by atoms with Crippen LogP contribution in [0, 0.1) is 0 Å². The van der Waals surface area contributed by atoms with Gasteiger partial charge in [-0.3, -0.25) is 4.79 Å². The summed E-state index contributed by atoms with van der Waals surface area (Å²) in [5.74, 6) is 0.966. The van der Waals surface area contributed by atoms with E-state index in [9.17, 15) is 4.79 Å². The minimum absolute atomic E-state index is 0.100. The standard InChI is InChI=1S/C24H40O2/c1-3-4-5-6-7-8-9-10-11-12-13-14-15-16-21-26-24-19-17-23(18-20-24)22(2)25/h17-20H,3-16,21H2,1-2H3. The Kier molecular flexibility index (Phi) is 13.9. The van der Waals surface area contributed by atoms with E-state index >= 15 is 0 Å². The molecule has 0 aliphatic rings. The Balaban J connectivity index is 1.83. The zero-order valence-electron chi connectivity index (χ0n) is 17.2. The molecule has 0 aromatic heterocycles. The first-order chi connectivity index (χ1) is 12.7. The lowest BCUT2D eigenvalue weighted by molar-refractivity contribution is 0.101. The highest BCUT2D eigenvalue weighted by Gasteiger charge is 1.99. The van der Waals surface area contributed by atoms with Gasteiger partial charge in [-0.15, -0.1) is 0 Å². The fourth-order valence-corrected chi connectivity index (χ4v) is 3.27. The van der Waals surface area contributed by atoms with Crippen molar-refractivity contribution >= 4 is 5.78 Å². The monoisotopic (exact) mass is 360 g/mol. The Morgan fingerprint density at radius 3 is 1.54 bits per heavy atom. The molecule has 0 saturated carbocycles. The molecule has 0 saturated heterocycles. The van der Waals surface area contributed by atoms with Crippen LogP contribution in [0.3, 0.4) is 0 Å². The summed E-state index contributed by atoms with van der Waals surface area (Å²) in [7, 11) is 0.